The Bertz CT molecular complexity index is 138. The number of nitrogens with one attached hydrogen (secondary N) is 1. The minimum absolute atomic E-state index is 0.229. The molecule has 1 heterocycles. The van der Waals surface area contributed by atoms with Gasteiger partial charge in [-0.1, -0.05) is 6.92 Å². The summed E-state index contributed by atoms with van der Waals surface area (Å²) in [5.41, 5.74) is 0. The second-order valence-corrected chi connectivity index (χ2v) is 4.23. The number of hydrogen-bond donors (Lipinski definition) is 2. The molecule has 1 aliphatic rings. The Morgan fingerprint density at radius 1 is 1.57 bits per heavy atom. The molecule has 0 aliphatic carbocycles. The summed E-state index contributed by atoms with van der Waals surface area (Å²) in [6.07, 6.45) is 4.88. The third-order valence-electron chi connectivity index (χ3n) is 2.87. The van der Waals surface area contributed by atoms with E-state index in [1.165, 1.54) is 12.8 Å². The monoisotopic (exact) mass is 201 g/mol. The predicted molar refractivity (Wildman–Crippen MR) is 57.4 cm³/mol. The van der Waals surface area contributed by atoms with Gasteiger partial charge in [-0.15, -0.1) is 0 Å². The molecule has 0 bridgehead atoms. The van der Waals surface area contributed by atoms with E-state index in [1.54, 1.807) is 0 Å². The first-order chi connectivity index (χ1) is 6.76. The van der Waals surface area contributed by atoms with Gasteiger partial charge in [0.1, 0.15) is 0 Å². The summed E-state index contributed by atoms with van der Waals surface area (Å²) in [4.78, 5) is 0. The highest BCUT2D eigenvalue weighted by molar-refractivity contribution is 4.75. The van der Waals surface area contributed by atoms with Crippen LogP contribution in [0.4, 0.5) is 0 Å². The van der Waals surface area contributed by atoms with Crippen LogP contribution >= 0.6 is 0 Å². The summed E-state index contributed by atoms with van der Waals surface area (Å²) in [5, 5.41) is 12.5. The van der Waals surface area contributed by atoms with E-state index in [4.69, 9.17) is 9.84 Å². The van der Waals surface area contributed by atoms with Gasteiger partial charge in [-0.3, -0.25) is 0 Å². The van der Waals surface area contributed by atoms with E-state index in [2.05, 4.69) is 19.2 Å². The van der Waals surface area contributed by atoms with Crippen molar-refractivity contribution in [3.05, 3.63) is 0 Å². The van der Waals surface area contributed by atoms with Crippen molar-refractivity contribution in [3.63, 3.8) is 0 Å². The van der Waals surface area contributed by atoms with Gasteiger partial charge in [-0.05, 0) is 32.6 Å². The lowest BCUT2D eigenvalue weighted by Gasteiger charge is -2.22. The van der Waals surface area contributed by atoms with Crippen LogP contribution in [0.25, 0.3) is 0 Å². The third-order valence-corrected chi connectivity index (χ3v) is 2.87. The van der Waals surface area contributed by atoms with Crippen molar-refractivity contribution in [2.45, 2.75) is 57.7 Å². The van der Waals surface area contributed by atoms with E-state index >= 15 is 0 Å². The lowest BCUT2D eigenvalue weighted by Crippen LogP contribution is -2.40. The van der Waals surface area contributed by atoms with E-state index < -0.39 is 0 Å². The van der Waals surface area contributed by atoms with Gasteiger partial charge in [-0.2, -0.15) is 0 Å². The zero-order valence-corrected chi connectivity index (χ0v) is 9.33. The van der Waals surface area contributed by atoms with Gasteiger partial charge in [0.25, 0.3) is 0 Å². The summed E-state index contributed by atoms with van der Waals surface area (Å²) in [5.74, 6) is 0. The highest BCUT2D eigenvalue weighted by Crippen LogP contribution is 2.17. The van der Waals surface area contributed by atoms with E-state index in [1.807, 2.05) is 0 Å². The van der Waals surface area contributed by atoms with Gasteiger partial charge in [0.05, 0.1) is 12.7 Å². The Morgan fingerprint density at radius 3 is 2.86 bits per heavy atom. The molecule has 0 amide bonds. The van der Waals surface area contributed by atoms with Crippen molar-refractivity contribution in [1.29, 1.82) is 0 Å². The quantitative estimate of drug-likeness (QED) is 0.680. The van der Waals surface area contributed by atoms with Gasteiger partial charge in [0, 0.05) is 18.7 Å². The average Bonchev–Trinajstić information content (AvgIpc) is 2.66. The van der Waals surface area contributed by atoms with Gasteiger partial charge in [0.2, 0.25) is 0 Å². The van der Waals surface area contributed by atoms with E-state index in [9.17, 15) is 0 Å². The Morgan fingerprint density at radius 2 is 2.36 bits per heavy atom. The molecule has 0 spiro atoms. The molecule has 3 atom stereocenters. The SMILES string of the molecule is CC[C@H](CO)NC(C)CC1CCCO1. The molecule has 2 N–H and O–H groups in total. The van der Waals surface area contributed by atoms with Crippen LogP contribution in [0.3, 0.4) is 0 Å². The van der Waals surface area contributed by atoms with Crippen molar-refractivity contribution in [2.24, 2.45) is 0 Å². The van der Waals surface area contributed by atoms with Crippen LogP contribution in [-0.2, 0) is 4.74 Å². The van der Waals surface area contributed by atoms with Crippen LogP contribution in [0.2, 0.25) is 0 Å². The summed E-state index contributed by atoms with van der Waals surface area (Å²) >= 11 is 0. The van der Waals surface area contributed by atoms with Crippen LogP contribution in [-0.4, -0.2) is 36.5 Å². The number of ether oxygens (including phenoxy) is 1. The fourth-order valence-corrected chi connectivity index (χ4v) is 1.99. The van der Waals surface area contributed by atoms with Crippen LogP contribution in [0.1, 0.15) is 39.5 Å². The van der Waals surface area contributed by atoms with Gasteiger partial charge < -0.3 is 15.2 Å². The molecule has 1 saturated heterocycles. The highest BCUT2D eigenvalue weighted by Gasteiger charge is 2.19. The maximum Gasteiger partial charge on any atom is 0.0590 e. The normalized spacial score (nSPS) is 26.4. The first kappa shape index (κ1) is 12.0. The summed E-state index contributed by atoms with van der Waals surface area (Å²) in [7, 11) is 0. The van der Waals surface area contributed by atoms with Gasteiger partial charge >= 0.3 is 0 Å². The molecule has 1 rings (SSSR count). The number of aliphatic hydroxyl groups is 1. The second kappa shape index (κ2) is 6.38. The average molecular weight is 201 g/mol. The molecular weight excluding hydrogens is 178 g/mol. The summed E-state index contributed by atoms with van der Waals surface area (Å²) < 4.78 is 5.57. The number of rotatable bonds is 6. The molecule has 0 saturated carbocycles. The number of hydrogen-bond acceptors (Lipinski definition) is 3. The molecule has 1 aliphatic heterocycles. The third kappa shape index (κ3) is 3.95. The fourth-order valence-electron chi connectivity index (χ4n) is 1.99. The standard InChI is InChI=1S/C11H23NO2/c1-3-10(8-13)12-9(2)7-11-5-4-6-14-11/h9-13H,3-8H2,1-2H3/t9?,10-,11?/m1/s1. The topological polar surface area (TPSA) is 41.5 Å². The molecule has 3 heteroatoms. The van der Waals surface area contributed by atoms with E-state index in [-0.39, 0.29) is 12.6 Å². The smallest absolute Gasteiger partial charge is 0.0590 e. The molecule has 0 radical (unpaired) electrons. The zero-order chi connectivity index (χ0) is 10.4. The molecule has 2 unspecified atom stereocenters. The Labute approximate surface area is 86.8 Å². The van der Waals surface area contributed by atoms with Crippen LogP contribution < -0.4 is 5.32 Å². The molecule has 0 aromatic carbocycles. The van der Waals surface area contributed by atoms with Crippen molar-refractivity contribution >= 4 is 0 Å². The minimum atomic E-state index is 0.229. The van der Waals surface area contributed by atoms with Gasteiger partial charge in [0.15, 0.2) is 0 Å². The van der Waals surface area contributed by atoms with Crippen LogP contribution in [0.15, 0.2) is 0 Å². The lowest BCUT2D eigenvalue weighted by atomic mass is 10.1. The maximum absolute atomic E-state index is 9.04. The van der Waals surface area contributed by atoms with Crippen molar-refractivity contribution in [1.82, 2.24) is 5.32 Å². The highest BCUT2D eigenvalue weighted by atomic mass is 16.5. The van der Waals surface area contributed by atoms with Gasteiger partial charge in [-0.25, -0.2) is 0 Å². The van der Waals surface area contributed by atoms with Crippen LogP contribution in [0.5, 0.6) is 0 Å². The Balaban J connectivity index is 2.16. The van der Waals surface area contributed by atoms with Crippen molar-refractivity contribution in [3.8, 4) is 0 Å². The van der Waals surface area contributed by atoms with Crippen LogP contribution in [0, 0.1) is 0 Å². The van der Waals surface area contributed by atoms with E-state index in [0.717, 1.165) is 19.4 Å². The number of aliphatic hydroxyl groups excluding tert-OH is 1. The maximum atomic E-state index is 9.04. The van der Waals surface area contributed by atoms with E-state index in [0.29, 0.717) is 12.1 Å². The lowest BCUT2D eigenvalue weighted by molar-refractivity contribution is 0.0931. The largest absolute Gasteiger partial charge is 0.395 e. The summed E-state index contributed by atoms with van der Waals surface area (Å²) in [6, 6.07) is 0.682. The fraction of sp³-hybridized carbons (Fsp3) is 1.00. The first-order valence-electron chi connectivity index (χ1n) is 5.74. The van der Waals surface area contributed by atoms with Crippen molar-refractivity contribution < 1.29 is 9.84 Å². The Hall–Kier alpha value is -0.120. The molecule has 0 aromatic heterocycles. The Kier molecular flexibility index (Phi) is 5.45. The molecule has 14 heavy (non-hydrogen) atoms. The molecule has 1 fully saturated rings. The molecule has 0 aromatic rings. The molecule has 84 valence electrons. The second-order valence-electron chi connectivity index (χ2n) is 4.23. The first-order valence-corrected chi connectivity index (χ1v) is 5.74. The minimum Gasteiger partial charge on any atom is -0.395 e. The summed E-state index contributed by atoms with van der Waals surface area (Å²) in [6.45, 7) is 5.41. The zero-order valence-electron chi connectivity index (χ0n) is 9.33. The van der Waals surface area contributed by atoms with Crippen molar-refractivity contribution in [2.75, 3.05) is 13.2 Å². The molecular formula is C11H23NO2. The molecule has 3 nitrogen and oxygen atoms in total. The predicted octanol–water partition coefficient (Wildman–Crippen LogP) is 1.30.